The first-order valence-corrected chi connectivity index (χ1v) is 10.5. The summed E-state index contributed by atoms with van der Waals surface area (Å²) in [5.41, 5.74) is 1.01. The number of fused-ring (bicyclic) bond motifs is 1. The van der Waals surface area contributed by atoms with Crippen LogP contribution in [0.15, 0.2) is 35.1 Å². The number of benzene rings is 1. The van der Waals surface area contributed by atoms with Crippen LogP contribution in [0.2, 0.25) is 0 Å². The molecule has 8 heteroatoms. The highest BCUT2D eigenvalue weighted by molar-refractivity contribution is 7.16. The fourth-order valence-electron chi connectivity index (χ4n) is 2.81. The summed E-state index contributed by atoms with van der Waals surface area (Å²) in [5.74, 6) is 1.32. The number of hydrogen-bond acceptors (Lipinski definition) is 6. The Morgan fingerprint density at radius 2 is 2.00 bits per heavy atom. The third-order valence-electron chi connectivity index (χ3n) is 4.02. The maximum Gasteiger partial charge on any atom is 0.275 e. The van der Waals surface area contributed by atoms with Crippen LogP contribution in [-0.2, 0) is 17.8 Å². The second-order valence-corrected chi connectivity index (χ2v) is 8.88. The highest BCUT2D eigenvalue weighted by atomic mass is 32.1. The third-order valence-corrected chi connectivity index (χ3v) is 4.95. The molecular weight excluding hydrogens is 388 g/mol. The Balaban J connectivity index is 1.69. The van der Waals surface area contributed by atoms with Crippen molar-refractivity contribution in [3.63, 3.8) is 0 Å². The van der Waals surface area contributed by atoms with E-state index in [4.69, 9.17) is 4.74 Å². The van der Waals surface area contributed by atoms with E-state index >= 15 is 0 Å². The van der Waals surface area contributed by atoms with Crippen molar-refractivity contribution in [1.29, 1.82) is 0 Å². The number of amides is 1. The Morgan fingerprint density at radius 1 is 1.21 bits per heavy atom. The molecule has 0 saturated heterocycles. The Hall–Kier alpha value is -2.74. The van der Waals surface area contributed by atoms with Crippen molar-refractivity contribution in [3.05, 3.63) is 51.4 Å². The first-order chi connectivity index (χ1) is 13.8. The molecule has 1 aromatic carbocycles. The number of nitrogens with zero attached hydrogens (tertiary/aromatic N) is 3. The Kier molecular flexibility index (Phi) is 6.64. The molecule has 2 aromatic heterocycles. The van der Waals surface area contributed by atoms with Gasteiger partial charge in [-0.15, -0.1) is 0 Å². The Bertz CT molecular complexity index is 1060. The minimum absolute atomic E-state index is 0.0281. The number of carbonyl (C=O) groups is 1. The van der Waals surface area contributed by atoms with Gasteiger partial charge in [0.25, 0.3) is 5.56 Å². The summed E-state index contributed by atoms with van der Waals surface area (Å²) in [6.45, 7) is 8.38. The molecule has 3 rings (SSSR count). The molecule has 0 saturated carbocycles. The summed E-state index contributed by atoms with van der Waals surface area (Å²) in [6, 6.07) is 8.64. The summed E-state index contributed by atoms with van der Waals surface area (Å²) >= 11 is 1.43. The van der Waals surface area contributed by atoms with Gasteiger partial charge in [0.2, 0.25) is 10.9 Å². The highest BCUT2D eigenvalue weighted by Gasteiger charge is 2.11. The van der Waals surface area contributed by atoms with Gasteiger partial charge in [-0.1, -0.05) is 45.1 Å². The smallest absolute Gasteiger partial charge is 0.275 e. The van der Waals surface area contributed by atoms with Gasteiger partial charge >= 0.3 is 0 Å². The molecule has 0 bridgehead atoms. The summed E-state index contributed by atoms with van der Waals surface area (Å²) < 4.78 is 7.14. The van der Waals surface area contributed by atoms with E-state index in [1.54, 1.807) is 12.1 Å². The molecule has 154 valence electrons. The minimum Gasteiger partial charge on any atom is -0.487 e. The number of ether oxygens (including phenoxy) is 1. The van der Waals surface area contributed by atoms with Gasteiger partial charge in [-0.2, -0.15) is 9.61 Å². The van der Waals surface area contributed by atoms with Gasteiger partial charge in [0.15, 0.2) is 0 Å². The number of rotatable bonds is 8. The third kappa shape index (κ3) is 5.87. The van der Waals surface area contributed by atoms with Crippen molar-refractivity contribution in [2.45, 2.75) is 47.1 Å². The molecule has 3 aromatic rings. The quantitative estimate of drug-likeness (QED) is 0.604. The van der Waals surface area contributed by atoms with Crippen LogP contribution in [-0.4, -0.2) is 20.5 Å². The monoisotopic (exact) mass is 414 g/mol. The van der Waals surface area contributed by atoms with Crippen molar-refractivity contribution in [2.75, 3.05) is 5.32 Å². The molecule has 0 spiro atoms. The van der Waals surface area contributed by atoms with Crippen LogP contribution >= 0.6 is 11.3 Å². The van der Waals surface area contributed by atoms with Crippen molar-refractivity contribution in [2.24, 2.45) is 11.8 Å². The van der Waals surface area contributed by atoms with E-state index in [2.05, 4.69) is 29.2 Å². The molecule has 0 fully saturated rings. The predicted molar refractivity (Wildman–Crippen MR) is 115 cm³/mol. The normalized spacial score (nSPS) is 11.4. The van der Waals surface area contributed by atoms with Gasteiger partial charge in [0, 0.05) is 30.7 Å². The molecule has 0 aliphatic rings. The molecule has 7 nitrogen and oxygen atoms in total. The first kappa shape index (κ1) is 21.0. The minimum atomic E-state index is -0.213. The van der Waals surface area contributed by atoms with Gasteiger partial charge in [0.05, 0.1) is 5.69 Å². The van der Waals surface area contributed by atoms with Gasteiger partial charge in [-0.25, -0.2) is 4.98 Å². The second kappa shape index (κ2) is 9.17. The molecular formula is C21H26N4O3S. The molecule has 0 radical (unpaired) electrons. The molecule has 0 aliphatic heterocycles. The zero-order chi connectivity index (χ0) is 21.0. The van der Waals surface area contributed by atoms with E-state index < -0.39 is 0 Å². The lowest BCUT2D eigenvalue weighted by Gasteiger charge is -2.10. The summed E-state index contributed by atoms with van der Waals surface area (Å²) in [4.78, 5) is 29.4. The van der Waals surface area contributed by atoms with Crippen LogP contribution in [0.1, 0.15) is 44.8 Å². The van der Waals surface area contributed by atoms with Crippen molar-refractivity contribution < 1.29 is 9.53 Å². The van der Waals surface area contributed by atoms with E-state index in [0.29, 0.717) is 40.3 Å². The molecule has 1 N–H and O–H groups in total. The van der Waals surface area contributed by atoms with Gasteiger partial charge in [-0.3, -0.25) is 9.59 Å². The lowest BCUT2D eigenvalue weighted by atomic mass is 10.1. The van der Waals surface area contributed by atoms with Crippen LogP contribution in [0.5, 0.6) is 5.75 Å². The lowest BCUT2D eigenvalue weighted by Crippen LogP contribution is -2.16. The summed E-state index contributed by atoms with van der Waals surface area (Å²) in [6.07, 6.45) is 1.28. The van der Waals surface area contributed by atoms with E-state index in [9.17, 15) is 9.59 Å². The summed E-state index contributed by atoms with van der Waals surface area (Å²) in [7, 11) is 0. The Labute approximate surface area is 173 Å². The van der Waals surface area contributed by atoms with Crippen LogP contribution < -0.4 is 15.6 Å². The van der Waals surface area contributed by atoms with Crippen LogP contribution in [0, 0.1) is 11.8 Å². The number of carbonyl (C=O) groups excluding carboxylic acids is 1. The Morgan fingerprint density at radius 3 is 2.72 bits per heavy atom. The molecule has 29 heavy (non-hydrogen) atoms. The molecule has 0 aliphatic carbocycles. The van der Waals surface area contributed by atoms with E-state index in [1.807, 2.05) is 26.0 Å². The van der Waals surface area contributed by atoms with E-state index in [1.165, 1.54) is 21.9 Å². The van der Waals surface area contributed by atoms with Crippen LogP contribution in [0.3, 0.4) is 0 Å². The largest absolute Gasteiger partial charge is 0.487 e. The SMILES string of the molecule is CC(C)CC(=O)Nc1cccc(OCc2cc(=O)n3nc(CC(C)C)sc3n2)c1. The maximum absolute atomic E-state index is 12.3. The number of nitrogens with one attached hydrogen (secondary N) is 1. The molecule has 2 heterocycles. The van der Waals surface area contributed by atoms with Crippen molar-refractivity contribution in [3.8, 4) is 5.75 Å². The highest BCUT2D eigenvalue weighted by Crippen LogP contribution is 2.20. The average molecular weight is 415 g/mol. The van der Waals surface area contributed by atoms with E-state index in [0.717, 1.165) is 11.4 Å². The molecule has 1 amide bonds. The number of hydrogen-bond donors (Lipinski definition) is 1. The number of anilines is 1. The van der Waals surface area contributed by atoms with Gasteiger partial charge in [-0.05, 0) is 24.0 Å². The van der Waals surface area contributed by atoms with Gasteiger partial charge in [0.1, 0.15) is 17.4 Å². The fourth-order valence-corrected chi connectivity index (χ4v) is 3.94. The second-order valence-electron chi connectivity index (χ2n) is 7.84. The van der Waals surface area contributed by atoms with Crippen LogP contribution in [0.4, 0.5) is 5.69 Å². The van der Waals surface area contributed by atoms with Crippen LogP contribution in [0.25, 0.3) is 4.96 Å². The maximum atomic E-state index is 12.3. The summed E-state index contributed by atoms with van der Waals surface area (Å²) in [5, 5.41) is 8.12. The predicted octanol–water partition coefficient (Wildman–Crippen LogP) is 3.91. The first-order valence-electron chi connectivity index (χ1n) is 9.71. The standard InChI is InChI=1S/C21H26N4O3S/c1-13(2)8-18(26)22-15-6-5-7-17(10-15)28-12-16-11-20(27)25-21(23-16)29-19(24-25)9-14(3)4/h5-7,10-11,13-14H,8-9,12H2,1-4H3,(H,22,26). The molecule has 0 atom stereocenters. The number of aromatic nitrogens is 3. The zero-order valence-electron chi connectivity index (χ0n) is 17.1. The van der Waals surface area contributed by atoms with Gasteiger partial charge < -0.3 is 10.1 Å². The van der Waals surface area contributed by atoms with Crippen molar-refractivity contribution in [1.82, 2.24) is 14.6 Å². The average Bonchev–Trinajstić information content (AvgIpc) is 3.01. The van der Waals surface area contributed by atoms with Crippen molar-refractivity contribution >= 4 is 27.9 Å². The zero-order valence-corrected chi connectivity index (χ0v) is 18.0. The fraction of sp³-hybridized carbons (Fsp3) is 0.429. The lowest BCUT2D eigenvalue weighted by molar-refractivity contribution is -0.116. The topological polar surface area (TPSA) is 85.6 Å². The molecule has 0 unspecified atom stereocenters. The van der Waals surface area contributed by atoms with E-state index in [-0.39, 0.29) is 18.1 Å².